The Labute approximate surface area is 120 Å². The van der Waals surface area contributed by atoms with Crippen LogP contribution in [0.5, 0.6) is 0 Å². The van der Waals surface area contributed by atoms with Crippen molar-refractivity contribution in [3.63, 3.8) is 0 Å². The monoisotopic (exact) mass is 299 g/mol. The molecule has 0 bridgehead atoms. The van der Waals surface area contributed by atoms with Gasteiger partial charge in [0, 0.05) is 13.0 Å². The van der Waals surface area contributed by atoms with Crippen LogP contribution in [0.25, 0.3) is 0 Å². The maximum atomic E-state index is 12.1. The number of carboxylic acid groups (broad SMARTS) is 1. The lowest BCUT2D eigenvalue weighted by Gasteiger charge is -2.12. The fourth-order valence-electron chi connectivity index (χ4n) is 1.69. The van der Waals surface area contributed by atoms with Gasteiger partial charge in [0.1, 0.15) is 0 Å². The van der Waals surface area contributed by atoms with Gasteiger partial charge in [0.15, 0.2) is 0 Å². The number of hydrogen-bond acceptors (Lipinski definition) is 3. The average molecular weight is 299 g/mol. The average Bonchev–Trinajstić information content (AvgIpc) is 2.37. The zero-order chi connectivity index (χ0) is 15.3. The normalized spacial score (nSPS) is 13.2. The van der Waals surface area contributed by atoms with Crippen molar-refractivity contribution in [1.82, 2.24) is 4.72 Å². The molecule has 0 saturated heterocycles. The van der Waals surface area contributed by atoms with Gasteiger partial charge >= 0.3 is 5.97 Å². The van der Waals surface area contributed by atoms with Gasteiger partial charge in [-0.25, -0.2) is 13.1 Å². The van der Waals surface area contributed by atoms with E-state index in [4.69, 9.17) is 5.11 Å². The topological polar surface area (TPSA) is 83.5 Å². The van der Waals surface area contributed by atoms with Gasteiger partial charge in [0.2, 0.25) is 10.0 Å². The summed E-state index contributed by atoms with van der Waals surface area (Å²) in [5.74, 6) is -0.888. The van der Waals surface area contributed by atoms with E-state index in [2.05, 4.69) is 4.72 Å². The third kappa shape index (κ3) is 4.94. The molecule has 0 amide bonds. The summed E-state index contributed by atoms with van der Waals surface area (Å²) in [7, 11) is -3.53. The Morgan fingerprint density at radius 1 is 1.30 bits per heavy atom. The van der Waals surface area contributed by atoms with E-state index in [0.29, 0.717) is 6.42 Å². The quantitative estimate of drug-likeness (QED) is 0.807. The first-order valence-electron chi connectivity index (χ1n) is 6.51. The molecule has 5 nitrogen and oxygen atoms in total. The van der Waals surface area contributed by atoms with E-state index in [1.165, 1.54) is 0 Å². The summed E-state index contributed by atoms with van der Waals surface area (Å²) in [6, 6.07) is 4.99. The van der Waals surface area contributed by atoms with Gasteiger partial charge in [0.25, 0.3) is 0 Å². The molecule has 0 aliphatic rings. The Morgan fingerprint density at radius 2 is 1.95 bits per heavy atom. The lowest BCUT2D eigenvalue weighted by atomic mass is 10.1. The summed E-state index contributed by atoms with van der Waals surface area (Å²) in [5.41, 5.74) is 1.96. The van der Waals surface area contributed by atoms with Crippen LogP contribution in [0.2, 0.25) is 0 Å². The van der Waals surface area contributed by atoms with Crippen molar-refractivity contribution in [3.8, 4) is 0 Å². The van der Waals surface area contributed by atoms with Gasteiger partial charge < -0.3 is 5.11 Å². The number of sulfonamides is 1. The zero-order valence-electron chi connectivity index (χ0n) is 12.0. The van der Waals surface area contributed by atoms with Crippen molar-refractivity contribution in [1.29, 1.82) is 0 Å². The highest BCUT2D eigenvalue weighted by atomic mass is 32.2. The van der Waals surface area contributed by atoms with Crippen LogP contribution in [0.4, 0.5) is 0 Å². The van der Waals surface area contributed by atoms with E-state index < -0.39 is 16.0 Å². The van der Waals surface area contributed by atoms with E-state index in [-0.39, 0.29) is 23.8 Å². The highest BCUT2D eigenvalue weighted by Gasteiger charge is 2.16. The third-order valence-corrected chi connectivity index (χ3v) is 4.68. The number of benzene rings is 1. The van der Waals surface area contributed by atoms with E-state index in [9.17, 15) is 13.2 Å². The van der Waals surface area contributed by atoms with Gasteiger partial charge in [-0.3, -0.25) is 4.79 Å². The third-order valence-electron chi connectivity index (χ3n) is 3.26. The van der Waals surface area contributed by atoms with Crippen molar-refractivity contribution in [2.45, 2.75) is 38.5 Å². The van der Waals surface area contributed by atoms with Crippen LogP contribution in [0.15, 0.2) is 23.1 Å². The molecule has 0 spiro atoms. The molecule has 0 saturated carbocycles. The zero-order valence-corrected chi connectivity index (χ0v) is 12.8. The van der Waals surface area contributed by atoms with Gasteiger partial charge in [-0.15, -0.1) is 0 Å². The molecule has 0 aliphatic heterocycles. The Kier molecular flexibility index (Phi) is 5.71. The van der Waals surface area contributed by atoms with Crippen LogP contribution in [-0.2, 0) is 14.8 Å². The minimum absolute atomic E-state index is 0.0209. The summed E-state index contributed by atoms with van der Waals surface area (Å²) >= 11 is 0. The predicted molar refractivity (Wildman–Crippen MR) is 77.1 cm³/mol. The number of carboxylic acids is 1. The van der Waals surface area contributed by atoms with Crippen molar-refractivity contribution in [3.05, 3.63) is 29.3 Å². The minimum Gasteiger partial charge on any atom is -0.481 e. The van der Waals surface area contributed by atoms with Crippen LogP contribution in [0.3, 0.4) is 0 Å². The molecular formula is C14H21NO4S. The highest BCUT2D eigenvalue weighted by molar-refractivity contribution is 7.89. The molecule has 0 radical (unpaired) electrons. The molecule has 1 rings (SSSR count). The first-order valence-corrected chi connectivity index (χ1v) is 7.99. The number of rotatable bonds is 7. The smallest absolute Gasteiger partial charge is 0.303 e. The molecule has 0 heterocycles. The molecule has 6 heteroatoms. The van der Waals surface area contributed by atoms with Crippen LogP contribution in [0.1, 0.15) is 30.9 Å². The van der Waals surface area contributed by atoms with Crippen molar-refractivity contribution in [2.75, 3.05) is 6.54 Å². The second kappa shape index (κ2) is 6.85. The largest absolute Gasteiger partial charge is 0.481 e. The highest BCUT2D eigenvalue weighted by Crippen LogP contribution is 2.15. The van der Waals surface area contributed by atoms with Crippen molar-refractivity contribution < 1.29 is 18.3 Å². The van der Waals surface area contributed by atoms with Crippen LogP contribution in [-0.4, -0.2) is 26.0 Å². The number of aryl methyl sites for hydroxylation is 2. The Hall–Kier alpha value is -1.40. The number of aliphatic carboxylic acids is 1. The van der Waals surface area contributed by atoms with Crippen LogP contribution in [0, 0.1) is 19.8 Å². The maximum Gasteiger partial charge on any atom is 0.303 e. The second-order valence-electron chi connectivity index (χ2n) is 5.14. The van der Waals surface area contributed by atoms with E-state index in [0.717, 1.165) is 11.1 Å². The van der Waals surface area contributed by atoms with Gasteiger partial charge in [-0.1, -0.05) is 13.0 Å². The lowest BCUT2D eigenvalue weighted by molar-refractivity contribution is -0.137. The van der Waals surface area contributed by atoms with E-state index in [1.54, 1.807) is 18.2 Å². The minimum atomic E-state index is -3.53. The van der Waals surface area contributed by atoms with E-state index in [1.807, 2.05) is 20.8 Å². The molecule has 1 aromatic carbocycles. The summed E-state index contributed by atoms with van der Waals surface area (Å²) in [6.45, 7) is 5.85. The Morgan fingerprint density at radius 3 is 2.50 bits per heavy atom. The van der Waals surface area contributed by atoms with Crippen LogP contribution < -0.4 is 4.72 Å². The second-order valence-corrected chi connectivity index (χ2v) is 6.90. The van der Waals surface area contributed by atoms with Gasteiger partial charge in [0.05, 0.1) is 4.90 Å². The molecule has 1 unspecified atom stereocenters. The summed E-state index contributed by atoms with van der Waals surface area (Å²) < 4.78 is 26.7. The molecule has 112 valence electrons. The fourth-order valence-corrected chi connectivity index (χ4v) is 2.94. The van der Waals surface area contributed by atoms with E-state index >= 15 is 0 Å². The summed E-state index contributed by atoms with van der Waals surface area (Å²) in [6.07, 6.45) is 0.497. The van der Waals surface area contributed by atoms with Gasteiger partial charge in [-0.05, 0) is 49.4 Å². The SMILES string of the molecule is Cc1ccc(S(=O)(=O)NCC(C)CCC(=O)O)cc1C. The maximum absolute atomic E-state index is 12.1. The standard InChI is InChI=1S/C14H21NO4S/c1-10(4-7-14(16)17)9-15-20(18,19)13-6-5-11(2)12(3)8-13/h5-6,8,10,15H,4,7,9H2,1-3H3,(H,16,17). The number of hydrogen-bond donors (Lipinski definition) is 2. The molecule has 2 N–H and O–H groups in total. The summed E-state index contributed by atoms with van der Waals surface area (Å²) in [4.78, 5) is 10.7. The lowest BCUT2D eigenvalue weighted by Crippen LogP contribution is -2.28. The molecule has 20 heavy (non-hydrogen) atoms. The molecule has 1 aromatic rings. The van der Waals surface area contributed by atoms with Gasteiger partial charge in [-0.2, -0.15) is 0 Å². The van der Waals surface area contributed by atoms with Crippen molar-refractivity contribution in [2.24, 2.45) is 5.92 Å². The Bertz CT molecular complexity index is 581. The predicted octanol–water partition coefficient (Wildman–Crippen LogP) is 2.08. The molecule has 0 aliphatic carbocycles. The molecular weight excluding hydrogens is 278 g/mol. The number of nitrogens with one attached hydrogen (secondary N) is 1. The number of carbonyl (C=O) groups is 1. The van der Waals surface area contributed by atoms with Crippen LogP contribution >= 0.6 is 0 Å². The first kappa shape index (κ1) is 16.7. The molecule has 0 aromatic heterocycles. The van der Waals surface area contributed by atoms with Crippen molar-refractivity contribution >= 4 is 16.0 Å². The Balaban J connectivity index is 2.65. The first-order chi connectivity index (χ1) is 9.22. The summed E-state index contributed by atoms with van der Waals surface area (Å²) in [5, 5.41) is 8.59. The molecule has 0 fully saturated rings. The fraction of sp³-hybridized carbons (Fsp3) is 0.500. The molecule has 1 atom stereocenters.